The minimum absolute atomic E-state index is 0.0581. The summed E-state index contributed by atoms with van der Waals surface area (Å²) >= 11 is 1.09. The van der Waals surface area contributed by atoms with Crippen LogP contribution in [0.3, 0.4) is 0 Å². The largest absolute Gasteiger partial charge is 0.504 e. The average Bonchev–Trinajstić information content (AvgIpc) is 3.35. The topological polar surface area (TPSA) is 110 Å². The van der Waals surface area contributed by atoms with Crippen LogP contribution in [0.2, 0.25) is 0 Å². The molecule has 5 rings (SSSR count). The van der Waals surface area contributed by atoms with E-state index in [2.05, 4.69) is 4.98 Å². The number of hydrogen-bond donors (Lipinski definition) is 1. The number of phenols is 1. The van der Waals surface area contributed by atoms with Crippen LogP contribution in [0.25, 0.3) is 11.0 Å². The van der Waals surface area contributed by atoms with E-state index < -0.39 is 11.9 Å². The molecular weight excluding hydrogens is 480 g/mol. The molecule has 8 nitrogen and oxygen atoms in total. The molecule has 0 spiro atoms. The number of aromatic nitrogens is 1. The van der Waals surface area contributed by atoms with Gasteiger partial charge in [-0.3, -0.25) is 19.3 Å². The van der Waals surface area contributed by atoms with Crippen molar-refractivity contribution in [1.29, 1.82) is 0 Å². The number of carbonyl (C=O) groups excluding carboxylic acids is 2. The predicted molar refractivity (Wildman–Crippen MR) is 137 cm³/mol. The average molecular weight is 505 g/mol. The number of hydrogen-bond acceptors (Lipinski definition) is 8. The Balaban J connectivity index is 1.81. The Labute approximate surface area is 210 Å². The first-order chi connectivity index (χ1) is 17.1. The lowest BCUT2D eigenvalue weighted by Crippen LogP contribution is -2.29. The minimum atomic E-state index is -0.889. The SMILES string of the molecule is CCOc1cc(C2c3c(oc4cc(C)c(C)cc4c3=O)C(=O)N2c2nc(C)c(C(C)=O)s2)ccc1O. The Kier molecular flexibility index (Phi) is 5.67. The maximum atomic E-state index is 13.9. The lowest BCUT2D eigenvalue weighted by atomic mass is 9.97. The van der Waals surface area contributed by atoms with Gasteiger partial charge in [-0.2, -0.15) is 0 Å². The molecule has 4 aromatic rings. The Hall–Kier alpha value is -3.98. The molecule has 0 fully saturated rings. The van der Waals surface area contributed by atoms with E-state index in [1.54, 1.807) is 38.1 Å². The van der Waals surface area contributed by atoms with Gasteiger partial charge >= 0.3 is 0 Å². The number of anilines is 1. The van der Waals surface area contributed by atoms with Gasteiger partial charge in [0.05, 0.1) is 34.2 Å². The van der Waals surface area contributed by atoms with Crippen LogP contribution in [-0.4, -0.2) is 28.4 Å². The van der Waals surface area contributed by atoms with Crippen molar-refractivity contribution in [3.63, 3.8) is 0 Å². The third kappa shape index (κ3) is 3.58. The van der Waals surface area contributed by atoms with Crippen molar-refractivity contribution in [2.45, 2.75) is 40.7 Å². The van der Waals surface area contributed by atoms with Crippen LogP contribution in [0.1, 0.15) is 68.1 Å². The number of aromatic hydroxyl groups is 1. The number of aryl methyl sites for hydroxylation is 3. The fourth-order valence-corrected chi connectivity index (χ4v) is 5.51. The van der Waals surface area contributed by atoms with E-state index in [1.807, 2.05) is 13.8 Å². The third-order valence-corrected chi connectivity index (χ3v) is 7.65. The lowest BCUT2D eigenvalue weighted by Gasteiger charge is -2.23. The van der Waals surface area contributed by atoms with E-state index >= 15 is 0 Å². The van der Waals surface area contributed by atoms with Crippen LogP contribution in [-0.2, 0) is 0 Å². The number of fused-ring (bicyclic) bond motifs is 2. The summed E-state index contributed by atoms with van der Waals surface area (Å²) in [7, 11) is 0. The molecule has 36 heavy (non-hydrogen) atoms. The van der Waals surface area contributed by atoms with Gasteiger partial charge < -0.3 is 14.3 Å². The maximum absolute atomic E-state index is 13.9. The van der Waals surface area contributed by atoms with Gasteiger partial charge in [-0.1, -0.05) is 17.4 Å². The number of ketones is 1. The Bertz CT molecular complexity index is 1630. The summed E-state index contributed by atoms with van der Waals surface area (Å²) in [5.74, 6) is -0.582. The molecule has 0 aliphatic carbocycles. The summed E-state index contributed by atoms with van der Waals surface area (Å²) in [6.45, 7) is 9.08. The van der Waals surface area contributed by atoms with E-state index in [9.17, 15) is 19.5 Å². The highest BCUT2D eigenvalue weighted by Gasteiger charge is 2.45. The third-order valence-electron chi connectivity index (χ3n) is 6.40. The summed E-state index contributed by atoms with van der Waals surface area (Å²) in [4.78, 5) is 46.1. The van der Waals surface area contributed by atoms with E-state index in [-0.39, 0.29) is 39.2 Å². The van der Waals surface area contributed by atoms with Gasteiger partial charge in [-0.05, 0) is 68.7 Å². The number of benzene rings is 2. The van der Waals surface area contributed by atoms with Crippen molar-refractivity contribution < 1.29 is 23.8 Å². The lowest BCUT2D eigenvalue weighted by molar-refractivity contribution is 0.0969. The van der Waals surface area contributed by atoms with Gasteiger partial charge in [0.25, 0.3) is 5.91 Å². The molecule has 1 unspecified atom stereocenters. The van der Waals surface area contributed by atoms with Crippen molar-refractivity contribution in [3.8, 4) is 11.5 Å². The molecule has 1 aliphatic heterocycles. The molecule has 2 aromatic carbocycles. The van der Waals surface area contributed by atoms with Gasteiger partial charge in [0.1, 0.15) is 5.58 Å². The number of ether oxygens (including phenoxy) is 1. The normalized spacial score (nSPS) is 15.0. The van der Waals surface area contributed by atoms with Crippen molar-refractivity contribution in [1.82, 2.24) is 4.98 Å². The van der Waals surface area contributed by atoms with Crippen molar-refractivity contribution in [2.24, 2.45) is 0 Å². The molecule has 9 heteroatoms. The molecule has 0 bridgehead atoms. The predicted octanol–water partition coefficient (Wildman–Crippen LogP) is 5.23. The highest BCUT2D eigenvalue weighted by Crippen LogP contribution is 2.44. The van der Waals surface area contributed by atoms with Crippen LogP contribution in [0, 0.1) is 20.8 Å². The second-order valence-corrected chi connectivity index (χ2v) is 9.79. The number of amides is 1. The summed E-state index contributed by atoms with van der Waals surface area (Å²) in [5.41, 5.74) is 3.10. The first-order valence-electron chi connectivity index (χ1n) is 11.5. The number of phenolic OH excluding ortho intramolecular Hbond substituents is 1. The van der Waals surface area contributed by atoms with Crippen molar-refractivity contribution in [2.75, 3.05) is 11.5 Å². The van der Waals surface area contributed by atoms with Crippen molar-refractivity contribution in [3.05, 3.63) is 79.1 Å². The molecule has 0 saturated carbocycles. The van der Waals surface area contributed by atoms with Crippen molar-refractivity contribution >= 4 is 39.1 Å². The second kappa shape index (κ2) is 8.60. The summed E-state index contributed by atoms with van der Waals surface area (Å²) < 4.78 is 11.6. The molecule has 1 aliphatic rings. The molecular formula is C27H24N2O6S. The molecule has 0 radical (unpaired) electrons. The number of rotatable bonds is 5. The molecule has 1 N–H and O–H groups in total. The first-order valence-corrected chi connectivity index (χ1v) is 12.3. The summed E-state index contributed by atoms with van der Waals surface area (Å²) in [5, 5.41) is 10.9. The van der Waals surface area contributed by atoms with Crippen LogP contribution < -0.4 is 15.1 Å². The van der Waals surface area contributed by atoms with Gasteiger partial charge in [-0.25, -0.2) is 4.98 Å². The maximum Gasteiger partial charge on any atom is 0.297 e. The van der Waals surface area contributed by atoms with Crippen LogP contribution in [0.5, 0.6) is 11.5 Å². The highest BCUT2D eigenvalue weighted by molar-refractivity contribution is 7.17. The van der Waals surface area contributed by atoms with Gasteiger partial charge in [0.2, 0.25) is 5.76 Å². The quantitative estimate of drug-likeness (QED) is 0.371. The monoisotopic (exact) mass is 504 g/mol. The second-order valence-electron chi connectivity index (χ2n) is 8.81. The molecule has 1 atom stereocenters. The Morgan fingerprint density at radius 1 is 1.17 bits per heavy atom. The zero-order valence-corrected chi connectivity index (χ0v) is 21.3. The molecule has 184 valence electrons. The van der Waals surface area contributed by atoms with E-state index in [0.717, 1.165) is 22.5 Å². The zero-order chi connectivity index (χ0) is 25.9. The Morgan fingerprint density at radius 2 is 1.89 bits per heavy atom. The standard InChI is InChI=1S/C27H24N2O6S/c1-6-34-20-11-16(7-8-18(20)31)22-21-23(32)17-9-12(2)13(3)10-19(17)35-24(21)26(33)29(22)27-28-14(4)25(36-27)15(5)30/h7-11,22,31H,6H2,1-5H3. The number of thiazole rings is 1. The fraction of sp³-hybridized carbons (Fsp3) is 0.259. The summed E-state index contributed by atoms with van der Waals surface area (Å²) in [6.07, 6.45) is 0. The van der Waals surface area contributed by atoms with E-state index in [4.69, 9.17) is 9.15 Å². The zero-order valence-electron chi connectivity index (χ0n) is 20.5. The Morgan fingerprint density at radius 3 is 2.56 bits per heavy atom. The summed E-state index contributed by atoms with van der Waals surface area (Å²) in [6, 6.07) is 7.34. The highest BCUT2D eigenvalue weighted by atomic mass is 32.1. The molecule has 2 aromatic heterocycles. The smallest absolute Gasteiger partial charge is 0.297 e. The van der Waals surface area contributed by atoms with E-state index in [0.29, 0.717) is 33.7 Å². The number of nitrogens with zero attached hydrogens (tertiary/aromatic N) is 2. The molecule has 3 heterocycles. The fourth-order valence-electron chi connectivity index (χ4n) is 4.52. The molecule has 1 amide bonds. The van der Waals surface area contributed by atoms with Gasteiger partial charge in [-0.15, -0.1) is 0 Å². The van der Waals surface area contributed by atoms with Crippen LogP contribution in [0.4, 0.5) is 5.13 Å². The number of carbonyl (C=O) groups is 2. The van der Waals surface area contributed by atoms with Gasteiger partial charge in [0, 0.05) is 6.92 Å². The first kappa shape index (κ1) is 23.7. The van der Waals surface area contributed by atoms with Crippen LogP contribution >= 0.6 is 11.3 Å². The van der Waals surface area contributed by atoms with Crippen LogP contribution in [0.15, 0.2) is 39.5 Å². The van der Waals surface area contributed by atoms with Gasteiger partial charge in [0.15, 0.2) is 27.8 Å². The minimum Gasteiger partial charge on any atom is -0.504 e. The van der Waals surface area contributed by atoms with E-state index in [1.165, 1.54) is 17.9 Å². The number of Topliss-reactive ketones (excluding diaryl/α,β-unsaturated/α-hetero) is 1. The molecule has 0 saturated heterocycles.